The summed E-state index contributed by atoms with van der Waals surface area (Å²) in [7, 11) is 1.76. The van der Waals surface area contributed by atoms with Gasteiger partial charge in [-0.15, -0.1) is 0 Å². The Labute approximate surface area is 85.2 Å². The third-order valence-corrected chi connectivity index (χ3v) is 2.23. The molecule has 0 spiro atoms. The van der Waals surface area contributed by atoms with Gasteiger partial charge in [0.15, 0.2) is 6.21 Å². The summed E-state index contributed by atoms with van der Waals surface area (Å²) in [5, 5.41) is 5.56. The van der Waals surface area contributed by atoms with Gasteiger partial charge in [0.25, 0.3) is 0 Å². The van der Waals surface area contributed by atoms with E-state index in [1.165, 1.54) is 5.56 Å². The summed E-state index contributed by atoms with van der Waals surface area (Å²) >= 11 is 0. The molecule has 74 valence electrons. The van der Waals surface area contributed by atoms with E-state index in [-0.39, 0.29) is 0 Å². The predicted octanol–water partition coefficient (Wildman–Crippen LogP) is 1.04. The molecule has 0 atom stereocenters. The zero-order valence-electron chi connectivity index (χ0n) is 8.99. The van der Waals surface area contributed by atoms with Crippen molar-refractivity contribution in [3.63, 3.8) is 0 Å². The summed E-state index contributed by atoms with van der Waals surface area (Å²) < 4.78 is 0. The van der Waals surface area contributed by atoms with Crippen LogP contribution in [0.5, 0.6) is 0 Å². The molecule has 0 aliphatic heterocycles. The summed E-state index contributed by atoms with van der Waals surface area (Å²) in [5.74, 6) is 0.529. The molecule has 1 rings (SSSR count). The molecule has 0 saturated carbocycles. The Hall–Kier alpha value is -1.44. The van der Waals surface area contributed by atoms with Crippen molar-refractivity contribution in [3.05, 3.63) is 34.9 Å². The van der Waals surface area contributed by atoms with Gasteiger partial charge < -0.3 is 0 Å². The van der Waals surface area contributed by atoms with Crippen molar-refractivity contribution in [2.24, 2.45) is 4.99 Å². The van der Waals surface area contributed by atoms with Gasteiger partial charge in [0, 0.05) is 24.4 Å². The molecular formula is C12H17N2+. The van der Waals surface area contributed by atoms with Gasteiger partial charge in [0.1, 0.15) is 0 Å². The highest BCUT2D eigenvalue weighted by atomic mass is 14.6. The van der Waals surface area contributed by atoms with Crippen molar-refractivity contribution < 1.29 is 5.41 Å². The van der Waals surface area contributed by atoms with Crippen LogP contribution in [0.4, 0.5) is 0 Å². The Morgan fingerprint density at radius 3 is 2.50 bits per heavy atom. The minimum atomic E-state index is 0.529. The van der Waals surface area contributed by atoms with Crippen LogP contribution in [0.2, 0.25) is 0 Å². The number of aliphatic imine (C=N–C) groups is 1. The maximum absolute atomic E-state index is 5.56. The van der Waals surface area contributed by atoms with E-state index in [0.717, 1.165) is 11.1 Å². The molecule has 0 unspecified atom stereocenters. The van der Waals surface area contributed by atoms with E-state index in [9.17, 15) is 0 Å². The summed E-state index contributed by atoms with van der Waals surface area (Å²) in [5.41, 5.74) is 3.41. The van der Waals surface area contributed by atoms with E-state index >= 15 is 0 Å². The number of benzene rings is 1. The van der Waals surface area contributed by atoms with Gasteiger partial charge in [-0.2, -0.15) is 0 Å². The molecule has 0 saturated heterocycles. The van der Waals surface area contributed by atoms with Gasteiger partial charge in [0.2, 0.25) is 0 Å². The van der Waals surface area contributed by atoms with Crippen LogP contribution in [0.25, 0.3) is 0 Å². The lowest BCUT2D eigenvalue weighted by atomic mass is 9.98. The number of rotatable bonds is 3. The van der Waals surface area contributed by atoms with E-state index in [0.29, 0.717) is 5.92 Å². The largest absolute Gasteiger partial charge is 0.296 e. The number of nitrogens with two attached hydrogens (primary N) is 1. The molecule has 2 N–H and O–H groups in total. The molecule has 0 amide bonds. The standard InChI is InChI=1S/C12H16N2/c1-9(2)10-4-5-11(8-14-3)12(6-10)7-13/h4-9,13H,1-3H3/p+1. The number of nitrogens with zero attached hydrogens (tertiary/aromatic N) is 1. The fourth-order valence-electron chi connectivity index (χ4n) is 1.35. The van der Waals surface area contributed by atoms with E-state index < -0.39 is 0 Å². The molecule has 0 fully saturated rings. The van der Waals surface area contributed by atoms with E-state index in [4.69, 9.17) is 5.41 Å². The molecular weight excluding hydrogens is 172 g/mol. The SMILES string of the molecule is CN=Cc1ccc(C(C)C)cc1C=[NH2+]. The minimum Gasteiger partial charge on any atom is -0.296 e. The van der Waals surface area contributed by atoms with E-state index in [1.807, 2.05) is 6.21 Å². The smallest absolute Gasteiger partial charge is 0.168 e. The maximum Gasteiger partial charge on any atom is 0.168 e. The molecule has 0 aliphatic rings. The highest BCUT2D eigenvalue weighted by Gasteiger charge is 2.04. The molecule has 0 radical (unpaired) electrons. The average molecular weight is 189 g/mol. The molecule has 1 aromatic rings. The Balaban J connectivity index is 3.17. The zero-order chi connectivity index (χ0) is 10.6. The lowest BCUT2D eigenvalue weighted by Crippen LogP contribution is -2.30. The Morgan fingerprint density at radius 2 is 2.00 bits per heavy atom. The van der Waals surface area contributed by atoms with Crippen LogP contribution < -0.4 is 5.41 Å². The zero-order valence-corrected chi connectivity index (χ0v) is 8.99. The van der Waals surface area contributed by atoms with Crippen LogP contribution >= 0.6 is 0 Å². The summed E-state index contributed by atoms with van der Waals surface area (Å²) in [6, 6.07) is 6.29. The third-order valence-electron chi connectivity index (χ3n) is 2.23. The van der Waals surface area contributed by atoms with Gasteiger partial charge in [-0.3, -0.25) is 10.4 Å². The highest BCUT2D eigenvalue weighted by molar-refractivity contribution is 5.92. The van der Waals surface area contributed by atoms with Crippen molar-refractivity contribution in [1.29, 1.82) is 0 Å². The van der Waals surface area contributed by atoms with E-state index in [1.54, 1.807) is 13.3 Å². The van der Waals surface area contributed by atoms with Crippen molar-refractivity contribution in [2.45, 2.75) is 19.8 Å². The Morgan fingerprint density at radius 1 is 1.29 bits per heavy atom. The second-order valence-corrected chi connectivity index (χ2v) is 3.60. The monoisotopic (exact) mass is 189 g/mol. The second kappa shape index (κ2) is 4.70. The molecule has 14 heavy (non-hydrogen) atoms. The van der Waals surface area contributed by atoms with Crippen LogP contribution in [0.1, 0.15) is 36.5 Å². The van der Waals surface area contributed by atoms with Crippen molar-refractivity contribution in [3.8, 4) is 0 Å². The third kappa shape index (κ3) is 2.28. The van der Waals surface area contributed by atoms with E-state index in [2.05, 4.69) is 37.0 Å². The average Bonchev–Trinajstić information content (AvgIpc) is 2.18. The normalized spacial score (nSPS) is 11.1. The fraction of sp³-hybridized carbons (Fsp3) is 0.333. The van der Waals surface area contributed by atoms with Crippen LogP contribution in [0, 0.1) is 0 Å². The molecule has 0 aromatic heterocycles. The van der Waals surface area contributed by atoms with Crippen LogP contribution in [-0.4, -0.2) is 19.5 Å². The maximum atomic E-state index is 5.56. The predicted molar refractivity (Wildman–Crippen MR) is 61.1 cm³/mol. The number of hydrogen-bond donors (Lipinski definition) is 1. The van der Waals surface area contributed by atoms with Gasteiger partial charge in [-0.05, 0) is 17.5 Å². The second-order valence-electron chi connectivity index (χ2n) is 3.60. The lowest BCUT2D eigenvalue weighted by molar-refractivity contribution is -0.104. The number of hydrogen-bond acceptors (Lipinski definition) is 1. The van der Waals surface area contributed by atoms with Crippen molar-refractivity contribution >= 4 is 12.4 Å². The summed E-state index contributed by atoms with van der Waals surface area (Å²) in [4.78, 5) is 3.99. The van der Waals surface area contributed by atoms with Gasteiger partial charge in [-0.25, -0.2) is 0 Å². The van der Waals surface area contributed by atoms with Gasteiger partial charge >= 0.3 is 0 Å². The first-order valence-electron chi connectivity index (χ1n) is 4.80. The molecule has 2 heteroatoms. The van der Waals surface area contributed by atoms with Gasteiger partial charge in [0.05, 0.1) is 0 Å². The summed E-state index contributed by atoms with van der Waals surface area (Å²) in [6.45, 7) is 4.34. The van der Waals surface area contributed by atoms with Crippen molar-refractivity contribution in [1.82, 2.24) is 0 Å². The van der Waals surface area contributed by atoms with Gasteiger partial charge in [-0.1, -0.05) is 26.0 Å². The first-order chi connectivity index (χ1) is 6.69. The Bertz CT molecular complexity index is 351. The first kappa shape index (κ1) is 10.6. The van der Waals surface area contributed by atoms with Crippen LogP contribution in [0.3, 0.4) is 0 Å². The Kier molecular flexibility index (Phi) is 3.57. The quantitative estimate of drug-likeness (QED) is 0.690. The molecule has 0 bridgehead atoms. The van der Waals surface area contributed by atoms with Crippen molar-refractivity contribution in [2.75, 3.05) is 7.05 Å². The fourth-order valence-corrected chi connectivity index (χ4v) is 1.35. The molecule has 1 aromatic carbocycles. The van der Waals surface area contributed by atoms with Crippen LogP contribution in [0.15, 0.2) is 23.2 Å². The minimum absolute atomic E-state index is 0.529. The molecule has 0 heterocycles. The summed E-state index contributed by atoms with van der Waals surface area (Å²) in [6.07, 6.45) is 3.45. The highest BCUT2D eigenvalue weighted by Crippen LogP contribution is 2.16. The first-order valence-corrected chi connectivity index (χ1v) is 4.80. The topological polar surface area (TPSA) is 38.0 Å². The molecule has 2 nitrogen and oxygen atoms in total. The molecule has 0 aliphatic carbocycles. The van der Waals surface area contributed by atoms with Crippen LogP contribution in [-0.2, 0) is 0 Å². The lowest BCUT2D eigenvalue weighted by Gasteiger charge is -2.06.